The summed E-state index contributed by atoms with van der Waals surface area (Å²) in [6, 6.07) is 0.452. The van der Waals surface area contributed by atoms with Gasteiger partial charge in [0.05, 0.1) is 11.8 Å². The zero-order valence-electron chi connectivity index (χ0n) is 11.4. The fraction of sp³-hybridized carbons (Fsp3) is 0.857. The van der Waals surface area contributed by atoms with E-state index in [9.17, 15) is 14.7 Å². The molecule has 1 saturated heterocycles. The lowest BCUT2D eigenvalue weighted by atomic mass is 9.81. The van der Waals surface area contributed by atoms with E-state index in [0.29, 0.717) is 19.0 Å². The van der Waals surface area contributed by atoms with Crippen molar-refractivity contribution >= 4 is 11.9 Å². The van der Waals surface area contributed by atoms with Crippen molar-refractivity contribution in [2.45, 2.75) is 45.1 Å². The van der Waals surface area contributed by atoms with Crippen LogP contribution in [0.3, 0.4) is 0 Å². The van der Waals surface area contributed by atoms with E-state index in [1.165, 1.54) is 12.8 Å². The maximum atomic E-state index is 11.3. The highest BCUT2D eigenvalue weighted by Crippen LogP contribution is 2.32. The van der Waals surface area contributed by atoms with Crippen LogP contribution in [0.2, 0.25) is 0 Å². The summed E-state index contributed by atoms with van der Waals surface area (Å²) in [5, 5.41) is 18.3. The van der Waals surface area contributed by atoms with Crippen molar-refractivity contribution in [3.63, 3.8) is 0 Å². The molecule has 2 unspecified atom stereocenters. The monoisotopic (exact) mass is 269 g/mol. The normalized spacial score (nSPS) is 36.9. The molecule has 0 aromatic heterocycles. The molecule has 2 fully saturated rings. The van der Waals surface area contributed by atoms with Crippen LogP contribution in [-0.4, -0.2) is 46.2 Å². The molecule has 1 saturated carbocycles. The summed E-state index contributed by atoms with van der Waals surface area (Å²) >= 11 is 0. The Hall–Kier alpha value is -1.10. The minimum atomic E-state index is -0.971. The quantitative estimate of drug-likeness (QED) is 0.815. The highest BCUT2D eigenvalue weighted by atomic mass is 16.4. The molecule has 2 rings (SSSR count). The zero-order chi connectivity index (χ0) is 14.0. The third-order valence-corrected chi connectivity index (χ3v) is 4.78. The molecule has 0 aromatic carbocycles. The first-order valence-corrected chi connectivity index (χ1v) is 7.18. The maximum absolute atomic E-state index is 11.3. The van der Waals surface area contributed by atoms with E-state index in [2.05, 4.69) is 11.8 Å². The van der Waals surface area contributed by atoms with Crippen LogP contribution in [0.4, 0.5) is 0 Å². The molecule has 19 heavy (non-hydrogen) atoms. The molecule has 1 aliphatic carbocycles. The van der Waals surface area contributed by atoms with Gasteiger partial charge < -0.3 is 10.2 Å². The van der Waals surface area contributed by atoms with Crippen LogP contribution >= 0.6 is 0 Å². The molecule has 2 aliphatic rings. The second kappa shape index (κ2) is 5.90. The summed E-state index contributed by atoms with van der Waals surface area (Å²) < 4.78 is 0. The molecule has 2 N–H and O–H groups in total. The molecule has 1 heterocycles. The van der Waals surface area contributed by atoms with Crippen molar-refractivity contribution in [2.75, 3.05) is 13.1 Å². The van der Waals surface area contributed by atoms with E-state index in [1.807, 2.05) is 0 Å². The number of rotatable bonds is 3. The lowest BCUT2D eigenvalue weighted by Gasteiger charge is -2.41. The van der Waals surface area contributed by atoms with E-state index in [4.69, 9.17) is 5.11 Å². The molecule has 0 aromatic rings. The van der Waals surface area contributed by atoms with Crippen LogP contribution in [0.5, 0.6) is 0 Å². The molecule has 5 nitrogen and oxygen atoms in total. The summed E-state index contributed by atoms with van der Waals surface area (Å²) in [5.74, 6) is -2.66. The number of carboxylic acid groups (broad SMARTS) is 2. The molecule has 5 heteroatoms. The van der Waals surface area contributed by atoms with Crippen molar-refractivity contribution in [1.82, 2.24) is 4.90 Å². The van der Waals surface area contributed by atoms with E-state index in [1.54, 1.807) is 0 Å². The predicted molar refractivity (Wildman–Crippen MR) is 69.9 cm³/mol. The summed E-state index contributed by atoms with van der Waals surface area (Å²) in [7, 11) is 0. The Kier molecular flexibility index (Phi) is 4.45. The van der Waals surface area contributed by atoms with Gasteiger partial charge >= 0.3 is 11.9 Å². The van der Waals surface area contributed by atoms with E-state index in [0.717, 1.165) is 25.3 Å². The fourth-order valence-corrected chi connectivity index (χ4v) is 3.46. The molecular formula is C14H23NO4. The fourth-order valence-electron chi connectivity index (χ4n) is 3.46. The topological polar surface area (TPSA) is 77.8 Å². The first kappa shape index (κ1) is 14.3. The second-order valence-electron chi connectivity index (χ2n) is 6.09. The third kappa shape index (κ3) is 3.26. The number of piperidine rings is 1. The Bertz CT molecular complexity index is 349. The number of hydrogen-bond acceptors (Lipinski definition) is 3. The predicted octanol–water partition coefficient (Wildman–Crippen LogP) is 1.67. The minimum Gasteiger partial charge on any atom is -0.481 e. The number of hydrogen-bond donors (Lipinski definition) is 2. The standard InChI is InChI=1S/C14H23NO4/c1-9-2-4-10(5-3-9)15-7-6-11(13(16)17)12(8-15)14(18)19/h9-12H,2-8H2,1H3,(H,16,17)(H,18,19). The number of carboxylic acids is 2. The summed E-state index contributed by atoms with van der Waals surface area (Å²) in [6.45, 7) is 3.37. The Morgan fingerprint density at radius 3 is 2.05 bits per heavy atom. The number of carbonyl (C=O) groups is 2. The van der Waals surface area contributed by atoms with Crippen molar-refractivity contribution in [2.24, 2.45) is 17.8 Å². The molecular weight excluding hydrogens is 246 g/mol. The van der Waals surface area contributed by atoms with Gasteiger partial charge in [-0.1, -0.05) is 6.92 Å². The molecule has 2 atom stereocenters. The van der Waals surface area contributed by atoms with Crippen LogP contribution in [0.1, 0.15) is 39.0 Å². The number of nitrogens with zero attached hydrogens (tertiary/aromatic N) is 1. The van der Waals surface area contributed by atoms with Gasteiger partial charge in [0.2, 0.25) is 0 Å². The van der Waals surface area contributed by atoms with Crippen LogP contribution in [0.15, 0.2) is 0 Å². The van der Waals surface area contributed by atoms with Crippen molar-refractivity contribution < 1.29 is 19.8 Å². The lowest BCUT2D eigenvalue weighted by Crippen LogP contribution is -2.50. The van der Waals surface area contributed by atoms with Gasteiger partial charge in [-0.05, 0) is 44.6 Å². The van der Waals surface area contributed by atoms with Gasteiger partial charge in [0, 0.05) is 12.6 Å². The SMILES string of the molecule is CC1CCC(N2CCC(C(=O)O)C(C(=O)O)C2)CC1. The Labute approximate surface area is 113 Å². The Morgan fingerprint density at radius 2 is 1.53 bits per heavy atom. The van der Waals surface area contributed by atoms with E-state index in [-0.39, 0.29) is 0 Å². The first-order valence-electron chi connectivity index (χ1n) is 7.18. The summed E-state index contributed by atoms with van der Waals surface area (Å²) in [6.07, 6.45) is 5.08. The van der Waals surface area contributed by atoms with Crippen LogP contribution in [0, 0.1) is 17.8 Å². The number of likely N-dealkylation sites (tertiary alicyclic amines) is 1. The molecule has 0 amide bonds. The van der Waals surface area contributed by atoms with Gasteiger partial charge in [0.15, 0.2) is 0 Å². The highest BCUT2D eigenvalue weighted by molar-refractivity contribution is 5.80. The van der Waals surface area contributed by atoms with Crippen LogP contribution in [-0.2, 0) is 9.59 Å². The van der Waals surface area contributed by atoms with Crippen LogP contribution < -0.4 is 0 Å². The summed E-state index contributed by atoms with van der Waals surface area (Å²) in [4.78, 5) is 24.6. The van der Waals surface area contributed by atoms with Gasteiger partial charge in [0.1, 0.15) is 0 Å². The second-order valence-corrected chi connectivity index (χ2v) is 6.09. The van der Waals surface area contributed by atoms with E-state index >= 15 is 0 Å². The van der Waals surface area contributed by atoms with Crippen molar-refractivity contribution in [3.05, 3.63) is 0 Å². The zero-order valence-corrected chi connectivity index (χ0v) is 11.4. The third-order valence-electron chi connectivity index (χ3n) is 4.78. The maximum Gasteiger partial charge on any atom is 0.308 e. The van der Waals surface area contributed by atoms with Gasteiger partial charge in [-0.2, -0.15) is 0 Å². The highest BCUT2D eigenvalue weighted by Gasteiger charge is 2.40. The van der Waals surface area contributed by atoms with Gasteiger partial charge in [-0.25, -0.2) is 0 Å². The smallest absolute Gasteiger partial charge is 0.308 e. The van der Waals surface area contributed by atoms with E-state index < -0.39 is 23.8 Å². The molecule has 108 valence electrons. The van der Waals surface area contributed by atoms with Crippen molar-refractivity contribution in [1.29, 1.82) is 0 Å². The molecule has 0 bridgehead atoms. The Morgan fingerprint density at radius 1 is 0.947 bits per heavy atom. The largest absolute Gasteiger partial charge is 0.481 e. The molecule has 0 radical (unpaired) electrons. The average molecular weight is 269 g/mol. The van der Waals surface area contributed by atoms with Gasteiger partial charge in [0.25, 0.3) is 0 Å². The summed E-state index contributed by atoms with van der Waals surface area (Å²) in [5.41, 5.74) is 0. The average Bonchev–Trinajstić information content (AvgIpc) is 2.38. The van der Waals surface area contributed by atoms with Gasteiger partial charge in [-0.15, -0.1) is 0 Å². The first-order chi connectivity index (χ1) is 8.99. The van der Waals surface area contributed by atoms with Crippen molar-refractivity contribution in [3.8, 4) is 0 Å². The molecule has 0 spiro atoms. The Balaban J connectivity index is 1.98. The lowest BCUT2D eigenvalue weighted by molar-refractivity contribution is -0.157. The van der Waals surface area contributed by atoms with Crippen LogP contribution in [0.25, 0.3) is 0 Å². The number of aliphatic carboxylic acids is 2. The van der Waals surface area contributed by atoms with Gasteiger partial charge in [-0.3, -0.25) is 14.5 Å². The molecule has 1 aliphatic heterocycles. The minimum absolute atomic E-state index is 0.394.